The lowest BCUT2D eigenvalue weighted by Crippen LogP contribution is -1.91. The van der Waals surface area contributed by atoms with Crippen LogP contribution in [0.1, 0.15) is 11.1 Å². The first-order chi connectivity index (χ1) is 12.7. The zero-order chi connectivity index (χ0) is 17.7. The lowest BCUT2D eigenvalue weighted by atomic mass is 10.1. The summed E-state index contributed by atoms with van der Waals surface area (Å²) in [5.41, 5.74) is 8.24. The second kappa shape index (κ2) is 5.88. The van der Waals surface area contributed by atoms with Crippen molar-refractivity contribution in [2.45, 2.75) is 13.3 Å². The summed E-state index contributed by atoms with van der Waals surface area (Å²) in [6, 6.07) is 12.8. The van der Waals surface area contributed by atoms with E-state index in [-0.39, 0.29) is 0 Å². The Hall–Kier alpha value is -2.79. The molecule has 4 nitrogen and oxygen atoms in total. The number of hydrogen-bond donors (Lipinski definition) is 1. The van der Waals surface area contributed by atoms with Crippen molar-refractivity contribution in [1.82, 2.24) is 9.38 Å². The van der Waals surface area contributed by atoms with Gasteiger partial charge < -0.3 is 10.1 Å². The number of anilines is 1. The zero-order valence-corrected chi connectivity index (χ0v) is 15.6. The Bertz CT molecular complexity index is 1130. The van der Waals surface area contributed by atoms with Crippen LogP contribution in [0.3, 0.4) is 0 Å². The third-order valence-electron chi connectivity index (χ3n) is 4.95. The number of nitrogens with zero attached hydrogens (tertiary/aromatic N) is 2. The number of nitrogens with one attached hydrogen (secondary N) is 1. The molecule has 2 aromatic heterocycles. The van der Waals surface area contributed by atoms with Gasteiger partial charge in [-0.25, -0.2) is 4.98 Å². The molecule has 0 spiro atoms. The van der Waals surface area contributed by atoms with Gasteiger partial charge in [0.2, 0.25) is 0 Å². The quantitative estimate of drug-likeness (QED) is 0.557. The smallest absolute Gasteiger partial charge is 0.194 e. The molecule has 2 aromatic carbocycles. The first-order valence-electron chi connectivity index (χ1n) is 8.72. The molecule has 26 heavy (non-hydrogen) atoms. The molecule has 0 radical (unpaired) electrons. The first-order valence-corrected chi connectivity index (χ1v) is 9.60. The lowest BCUT2D eigenvalue weighted by molar-refractivity contribution is 0.416. The lowest BCUT2D eigenvalue weighted by Gasteiger charge is -2.08. The second-order valence-electron chi connectivity index (χ2n) is 6.65. The average molecular weight is 361 g/mol. The minimum absolute atomic E-state index is 0.883. The van der Waals surface area contributed by atoms with Gasteiger partial charge in [0.25, 0.3) is 0 Å². The van der Waals surface area contributed by atoms with E-state index < -0.39 is 0 Å². The third kappa shape index (κ3) is 2.39. The van der Waals surface area contributed by atoms with Crippen LogP contribution in [0.5, 0.6) is 5.75 Å². The molecule has 1 aliphatic heterocycles. The van der Waals surface area contributed by atoms with Gasteiger partial charge in [0.1, 0.15) is 5.75 Å². The molecule has 5 rings (SSSR count). The molecule has 0 unspecified atom stereocenters. The number of thiazole rings is 1. The number of methoxy groups -OCH3 is 1. The van der Waals surface area contributed by atoms with Crippen molar-refractivity contribution in [3.63, 3.8) is 0 Å². The van der Waals surface area contributed by atoms with Crippen LogP contribution in [0, 0.1) is 6.92 Å². The van der Waals surface area contributed by atoms with Crippen LogP contribution < -0.4 is 10.1 Å². The number of imidazole rings is 1. The van der Waals surface area contributed by atoms with Crippen LogP contribution in [0.2, 0.25) is 0 Å². The largest absolute Gasteiger partial charge is 0.496 e. The summed E-state index contributed by atoms with van der Waals surface area (Å²) in [7, 11) is 1.72. The van der Waals surface area contributed by atoms with Crippen molar-refractivity contribution in [3.8, 4) is 28.3 Å². The van der Waals surface area contributed by atoms with E-state index in [4.69, 9.17) is 9.72 Å². The van der Waals surface area contributed by atoms with Gasteiger partial charge in [0.15, 0.2) is 4.96 Å². The van der Waals surface area contributed by atoms with E-state index in [1.54, 1.807) is 18.4 Å². The van der Waals surface area contributed by atoms with Crippen LogP contribution in [0.25, 0.3) is 27.5 Å². The van der Waals surface area contributed by atoms with Crippen molar-refractivity contribution in [2.75, 3.05) is 19.0 Å². The number of aromatic nitrogens is 2. The van der Waals surface area contributed by atoms with Gasteiger partial charge in [-0.15, -0.1) is 11.3 Å². The molecule has 0 fully saturated rings. The Morgan fingerprint density at radius 3 is 3.00 bits per heavy atom. The summed E-state index contributed by atoms with van der Waals surface area (Å²) in [5.74, 6) is 0.883. The monoisotopic (exact) mass is 361 g/mol. The molecule has 0 saturated carbocycles. The summed E-state index contributed by atoms with van der Waals surface area (Å²) in [6.07, 6.45) is 3.21. The number of fused-ring (bicyclic) bond motifs is 2. The maximum atomic E-state index is 5.58. The standard InChI is InChI=1S/C21H19N3OS/c1-13-3-6-20(25-2)16(9-13)19-12-26-21-23-18(11-24(19)21)14-4-5-17-15(10-14)7-8-22-17/h3-6,9-12,22H,7-8H2,1-2H3. The van der Waals surface area contributed by atoms with E-state index in [0.29, 0.717) is 0 Å². The fraction of sp³-hybridized carbons (Fsp3) is 0.190. The maximum absolute atomic E-state index is 5.58. The van der Waals surface area contributed by atoms with E-state index >= 15 is 0 Å². The van der Waals surface area contributed by atoms with E-state index in [9.17, 15) is 0 Å². The van der Waals surface area contributed by atoms with E-state index in [1.165, 1.54) is 22.4 Å². The van der Waals surface area contributed by atoms with Crippen molar-refractivity contribution in [3.05, 3.63) is 59.1 Å². The Kier molecular flexibility index (Phi) is 3.50. The van der Waals surface area contributed by atoms with Crippen molar-refractivity contribution in [2.24, 2.45) is 0 Å². The van der Waals surface area contributed by atoms with Gasteiger partial charge in [0, 0.05) is 34.9 Å². The summed E-state index contributed by atoms with van der Waals surface area (Å²) in [5, 5.41) is 5.56. The van der Waals surface area contributed by atoms with Gasteiger partial charge >= 0.3 is 0 Å². The minimum atomic E-state index is 0.883. The fourth-order valence-electron chi connectivity index (χ4n) is 3.60. The van der Waals surface area contributed by atoms with Crippen molar-refractivity contribution in [1.29, 1.82) is 0 Å². The Morgan fingerprint density at radius 2 is 2.12 bits per heavy atom. The second-order valence-corrected chi connectivity index (χ2v) is 7.49. The van der Waals surface area contributed by atoms with Gasteiger partial charge in [-0.05, 0) is 43.2 Å². The van der Waals surface area contributed by atoms with Gasteiger partial charge in [-0.3, -0.25) is 4.40 Å². The number of hydrogen-bond acceptors (Lipinski definition) is 4. The molecule has 0 bridgehead atoms. The summed E-state index contributed by atoms with van der Waals surface area (Å²) < 4.78 is 7.75. The van der Waals surface area contributed by atoms with E-state index in [0.717, 1.165) is 40.6 Å². The molecule has 5 heteroatoms. The highest BCUT2D eigenvalue weighted by molar-refractivity contribution is 7.15. The number of benzene rings is 2. The Labute approximate surface area is 156 Å². The highest BCUT2D eigenvalue weighted by atomic mass is 32.1. The molecule has 1 N–H and O–H groups in total. The molecular formula is C21H19N3OS. The predicted octanol–water partition coefficient (Wildman–Crippen LogP) is 5.01. The number of ether oxygens (including phenoxy) is 1. The number of rotatable bonds is 3. The summed E-state index contributed by atoms with van der Waals surface area (Å²) in [4.78, 5) is 5.85. The van der Waals surface area contributed by atoms with E-state index in [2.05, 4.69) is 58.5 Å². The van der Waals surface area contributed by atoms with Crippen molar-refractivity contribution >= 4 is 22.0 Å². The maximum Gasteiger partial charge on any atom is 0.194 e. The minimum Gasteiger partial charge on any atom is -0.496 e. The topological polar surface area (TPSA) is 38.6 Å². The highest BCUT2D eigenvalue weighted by Crippen LogP contribution is 2.36. The van der Waals surface area contributed by atoms with Crippen LogP contribution in [-0.2, 0) is 6.42 Å². The van der Waals surface area contributed by atoms with Crippen LogP contribution in [0.4, 0.5) is 5.69 Å². The Balaban J connectivity index is 1.63. The molecule has 0 aliphatic carbocycles. The zero-order valence-electron chi connectivity index (χ0n) is 14.7. The van der Waals surface area contributed by atoms with Gasteiger partial charge in [0.05, 0.1) is 18.5 Å². The third-order valence-corrected chi connectivity index (χ3v) is 5.79. The van der Waals surface area contributed by atoms with E-state index in [1.807, 2.05) is 6.07 Å². The van der Waals surface area contributed by atoms with Crippen LogP contribution in [-0.4, -0.2) is 23.0 Å². The first kappa shape index (κ1) is 15.5. The van der Waals surface area contributed by atoms with Crippen molar-refractivity contribution < 1.29 is 4.74 Å². The summed E-state index contributed by atoms with van der Waals surface area (Å²) in [6.45, 7) is 3.12. The Morgan fingerprint density at radius 1 is 1.19 bits per heavy atom. The predicted molar refractivity (Wildman–Crippen MR) is 107 cm³/mol. The van der Waals surface area contributed by atoms with Gasteiger partial charge in [-0.2, -0.15) is 0 Å². The molecule has 0 amide bonds. The average Bonchev–Trinajstić information content (AvgIpc) is 3.36. The molecule has 130 valence electrons. The molecular weight excluding hydrogens is 342 g/mol. The molecule has 0 atom stereocenters. The molecule has 1 aliphatic rings. The molecule has 0 saturated heterocycles. The normalized spacial score (nSPS) is 13.0. The number of aryl methyl sites for hydroxylation is 1. The van der Waals surface area contributed by atoms with Gasteiger partial charge in [-0.1, -0.05) is 17.7 Å². The SMILES string of the molecule is COc1ccc(C)cc1-c1csc2nc(-c3ccc4c(c3)CCN4)cn12. The van der Waals surface area contributed by atoms with Crippen LogP contribution >= 0.6 is 11.3 Å². The molecule has 3 heterocycles. The fourth-order valence-corrected chi connectivity index (χ4v) is 4.48. The molecule has 4 aromatic rings. The van der Waals surface area contributed by atoms with Crippen LogP contribution in [0.15, 0.2) is 48.0 Å². The summed E-state index contributed by atoms with van der Waals surface area (Å²) >= 11 is 1.66. The highest BCUT2D eigenvalue weighted by Gasteiger charge is 2.16.